The molecular weight excluding hydrogens is 276 g/mol. The van der Waals surface area contributed by atoms with Crippen LogP contribution in [0, 0.1) is 5.92 Å². The molecule has 0 aliphatic carbocycles. The van der Waals surface area contributed by atoms with Crippen LogP contribution < -0.4 is 5.32 Å². The van der Waals surface area contributed by atoms with Crippen LogP contribution in [0.3, 0.4) is 0 Å². The van der Waals surface area contributed by atoms with Crippen LogP contribution in [0.1, 0.15) is 32.1 Å². The van der Waals surface area contributed by atoms with Crippen molar-refractivity contribution in [2.45, 2.75) is 39.8 Å². The molecule has 2 unspecified atom stereocenters. The monoisotopic (exact) mass is 298 g/mol. The van der Waals surface area contributed by atoms with Gasteiger partial charge in [0.1, 0.15) is 6.04 Å². The zero-order valence-corrected chi connectivity index (χ0v) is 12.9. The minimum atomic E-state index is -0.986. The summed E-state index contributed by atoms with van der Waals surface area (Å²) in [6.45, 7) is 6.67. The molecule has 0 bridgehead atoms. The maximum absolute atomic E-state index is 12.2. The zero-order chi connectivity index (χ0) is 15.1. The minimum Gasteiger partial charge on any atom is -0.480 e. The molecule has 0 spiro atoms. The van der Waals surface area contributed by atoms with Crippen molar-refractivity contribution >= 4 is 23.3 Å². The minimum absolute atomic E-state index is 0.100. The summed E-state index contributed by atoms with van der Waals surface area (Å²) in [6, 6.07) is 2.73. The van der Waals surface area contributed by atoms with E-state index in [4.69, 9.17) is 0 Å². The first-order valence-corrected chi connectivity index (χ1v) is 7.68. The number of hydrogen-bond acceptors (Lipinski definition) is 3. The Bertz CT molecular complexity index is 434. The molecule has 0 aliphatic heterocycles. The quantitative estimate of drug-likeness (QED) is 0.813. The lowest BCUT2D eigenvalue weighted by molar-refractivity contribution is -0.140. The first-order chi connectivity index (χ1) is 9.49. The molecule has 6 heteroatoms. The number of carbonyl (C=O) groups is 2. The van der Waals surface area contributed by atoms with E-state index in [0.717, 1.165) is 4.88 Å². The number of thiophene rings is 1. The fourth-order valence-corrected chi connectivity index (χ4v) is 2.54. The van der Waals surface area contributed by atoms with Crippen molar-refractivity contribution in [1.29, 1.82) is 0 Å². The molecule has 2 amide bonds. The van der Waals surface area contributed by atoms with Crippen molar-refractivity contribution in [3.63, 3.8) is 0 Å². The van der Waals surface area contributed by atoms with Gasteiger partial charge in [-0.2, -0.15) is 0 Å². The Morgan fingerprint density at radius 1 is 1.45 bits per heavy atom. The van der Waals surface area contributed by atoms with Crippen molar-refractivity contribution in [2.24, 2.45) is 5.92 Å². The lowest BCUT2D eigenvalue weighted by Crippen LogP contribution is -2.50. The van der Waals surface area contributed by atoms with Crippen LogP contribution in [0.15, 0.2) is 17.5 Å². The van der Waals surface area contributed by atoms with Gasteiger partial charge in [-0.3, -0.25) is 0 Å². The highest BCUT2D eigenvalue weighted by Gasteiger charge is 2.27. The topological polar surface area (TPSA) is 69.6 Å². The number of carboxylic acid groups (broad SMARTS) is 1. The van der Waals surface area contributed by atoms with Gasteiger partial charge in [0, 0.05) is 11.4 Å². The maximum atomic E-state index is 12.2. The Kier molecular flexibility index (Phi) is 6.51. The van der Waals surface area contributed by atoms with Gasteiger partial charge < -0.3 is 15.3 Å². The molecule has 0 radical (unpaired) electrons. The van der Waals surface area contributed by atoms with Gasteiger partial charge in [-0.25, -0.2) is 9.59 Å². The number of nitrogens with zero attached hydrogens (tertiary/aromatic N) is 1. The molecule has 2 atom stereocenters. The molecule has 1 rings (SSSR count). The van der Waals surface area contributed by atoms with Crippen molar-refractivity contribution in [2.75, 3.05) is 6.54 Å². The van der Waals surface area contributed by atoms with Crippen molar-refractivity contribution in [3.8, 4) is 0 Å². The number of carbonyl (C=O) groups excluding carboxylic acids is 1. The SMILES string of the molecule is CCC(C)C(NC(=O)N(CC)Cc1cccs1)C(=O)O. The zero-order valence-electron chi connectivity index (χ0n) is 12.1. The number of hydrogen-bond donors (Lipinski definition) is 2. The molecule has 0 aliphatic rings. The Morgan fingerprint density at radius 2 is 2.15 bits per heavy atom. The van der Waals surface area contributed by atoms with Crippen LogP contribution in [0.5, 0.6) is 0 Å². The van der Waals surface area contributed by atoms with Gasteiger partial charge >= 0.3 is 12.0 Å². The highest BCUT2D eigenvalue weighted by Crippen LogP contribution is 2.13. The van der Waals surface area contributed by atoms with E-state index < -0.39 is 12.0 Å². The summed E-state index contributed by atoms with van der Waals surface area (Å²) >= 11 is 1.58. The first kappa shape index (κ1) is 16.5. The van der Waals surface area contributed by atoms with Crippen LogP contribution in [-0.2, 0) is 11.3 Å². The smallest absolute Gasteiger partial charge is 0.326 e. The molecule has 0 saturated carbocycles. The average molecular weight is 298 g/mol. The van der Waals surface area contributed by atoms with Crippen LogP contribution in [0.2, 0.25) is 0 Å². The van der Waals surface area contributed by atoms with E-state index in [-0.39, 0.29) is 11.9 Å². The molecule has 0 fully saturated rings. The van der Waals surface area contributed by atoms with E-state index in [1.807, 2.05) is 38.3 Å². The summed E-state index contributed by atoms with van der Waals surface area (Å²) in [5.41, 5.74) is 0. The number of carboxylic acids is 1. The largest absolute Gasteiger partial charge is 0.480 e. The van der Waals surface area contributed by atoms with E-state index in [0.29, 0.717) is 19.5 Å². The summed E-state index contributed by atoms with van der Waals surface area (Å²) in [5, 5.41) is 13.8. The second-order valence-corrected chi connectivity index (χ2v) is 5.78. The summed E-state index contributed by atoms with van der Waals surface area (Å²) in [4.78, 5) is 26.1. The molecular formula is C14H22N2O3S. The van der Waals surface area contributed by atoms with E-state index in [9.17, 15) is 14.7 Å². The second kappa shape index (κ2) is 7.89. The van der Waals surface area contributed by atoms with Gasteiger partial charge in [-0.05, 0) is 24.3 Å². The van der Waals surface area contributed by atoms with E-state index in [2.05, 4.69) is 5.32 Å². The Labute approximate surface area is 123 Å². The van der Waals surface area contributed by atoms with Crippen LogP contribution in [-0.4, -0.2) is 34.6 Å². The summed E-state index contributed by atoms with van der Waals surface area (Å²) in [6.07, 6.45) is 0.703. The number of urea groups is 1. The molecule has 20 heavy (non-hydrogen) atoms. The van der Waals surface area contributed by atoms with Crippen molar-refractivity contribution in [3.05, 3.63) is 22.4 Å². The molecule has 5 nitrogen and oxygen atoms in total. The van der Waals surface area contributed by atoms with Crippen LogP contribution in [0.25, 0.3) is 0 Å². The summed E-state index contributed by atoms with van der Waals surface area (Å²) < 4.78 is 0. The van der Waals surface area contributed by atoms with E-state index >= 15 is 0 Å². The van der Waals surface area contributed by atoms with Crippen molar-refractivity contribution < 1.29 is 14.7 Å². The number of amides is 2. The fraction of sp³-hybridized carbons (Fsp3) is 0.571. The predicted molar refractivity (Wildman–Crippen MR) is 79.8 cm³/mol. The van der Waals surface area contributed by atoms with Gasteiger partial charge in [-0.15, -0.1) is 11.3 Å². The highest BCUT2D eigenvalue weighted by molar-refractivity contribution is 7.09. The van der Waals surface area contributed by atoms with Gasteiger partial charge in [-0.1, -0.05) is 26.3 Å². The van der Waals surface area contributed by atoms with Gasteiger partial charge in [0.25, 0.3) is 0 Å². The third-order valence-electron chi connectivity index (χ3n) is 3.35. The van der Waals surface area contributed by atoms with E-state index in [1.165, 1.54) is 0 Å². The molecule has 0 saturated heterocycles. The average Bonchev–Trinajstić information content (AvgIpc) is 2.93. The molecule has 1 aromatic rings. The van der Waals surface area contributed by atoms with Crippen LogP contribution >= 0.6 is 11.3 Å². The molecule has 1 heterocycles. The standard InChI is InChI=1S/C14H22N2O3S/c1-4-10(3)12(13(17)18)15-14(19)16(5-2)9-11-7-6-8-20-11/h6-8,10,12H,4-5,9H2,1-3H3,(H,15,19)(H,17,18). The van der Waals surface area contributed by atoms with Crippen LogP contribution in [0.4, 0.5) is 4.79 Å². The van der Waals surface area contributed by atoms with E-state index in [1.54, 1.807) is 16.2 Å². The maximum Gasteiger partial charge on any atom is 0.326 e. The molecule has 112 valence electrons. The number of rotatable bonds is 7. The number of aliphatic carboxylic acids is 1. The Hall–Kier alpha value is -1.56. The Balaban J connectivity index is 2.68. The van der Waals surface area contributed by atoms with Gasteiger partial charge in [0.2, 0.25) is 0 Å². The normalized spacial score (nSPS) is 13.6. The molecule has 1 aromatic heterocycles. The third kappa shape index (κ3) is 4.52. The third-order valence-corrected chi connectivity index (χ3v) is 4.21. The summed E-state index contributed by atoms with van der Waals surface area (Å²) in [7, 11) is 0. The predicted octanol–water partition coefficient (Wildman–Crippen LogP) is 2.78. The fourth-order valence-electron chi connectivity index (χ4n) is 1.83. The first-order valence-electron chi connectivity index (χ1n) is 6.80. The van der Waals surface area contributed by atoms with Crippen molar-refractivity contribution in [1.82, 2.24) is 10.2 Å². The lowest BCUT2D eigenvalue weighted by atomic mass is 9.99. The lowest BCUT2D eigenvalue weighted by Gasteiger charge is -2.26. The molecule has 0 aromatic carbocycles. The Morgan fingerprint density at radius 3 is 2.60 bits per heavy atom. The second-order valence-electron chi connectivity index (χ2n) is 4.74. The summed E-state index contributed by atoms with van der Waals surface area (Å²) in [5.74, 6) is -1.09. The van der Waals surface area contributed by atoms with Gasteiger partial charge in [0.05, 0.1) is 6.54 Å². The molecule has 2 N–H and O–H groups in total. The number of nitrogens with one attached hydrogen (secondary N) is 1. The van der Waals surface area contributed by atoms with Gasteiger partial charge in [0.15, 0.2) is 0 Å². The highest BCUT2D eigenvalue weighted by atomic mass is 32.1.